The highest BCUT2D eigenvalue weighted by Crippen LogP contribution is 2.25. The number of benzene rings is 2. The van der Waals surface area contributed by atoms with E-state index in [4.69, 9.17) is 4.74 Å². The highest BCUT2D eigenvalue weighted by atomic mass is 16.6. The summed E-state index contributed by atoms with van der Waals surface area (Å²) in [5.74, 6) is -0.287. The lowest BCUT2D eigenvalue weighted by atomic mass is 10.1. The number of amides is 1. The summed E-state index contributed by atoms with van der Waals surface area (Å²) < 4.78 is 5.25. The highest BCUT2D eigenvalue weighted by molar-refractivity contribution is 5.92. The zero-order valence-electron chi connectivity index (χ0n) is 12.1. The maximum atomic E-state index is 11.9. The van der Waals surface area contributed by atoms with Gasteiger partial charge in [-0.3, -0.25) is 14.9 Å². The second kappa shape index (κ2) is 7.21. The standard InChI is InChI=1S/C16H16N2O4/c1-2-12-7-3-4-8-13(12)17-16(19)11-22-15-10-6-5-9-14(15)18(20)21/h3-10H,2,11H2,1H3,(H,17,19). The number of anilines is 1. The van der Waals surface area contributed by atoms with Crippen LogP contribution in [0.15, 0.2) is 48.5 Å². The highest BCUT2D eigenvalue weighted by Gasteiger charge is 2.15. The van der Waals surface area contributed by atoms with Gasteiger partial charge in [-0.2, -0.15) is 0 Å². The van der Waals surface area contributed by atoms with E-state index >= 15 is 0 Å². The number of carbonyl (C=O) groups is 1. The first-order valence-electron chi connectivity index (χ1n) is 6.85. The van der Waals surface area contributed by atoms with Gasteiger partial charge in [0.15, 0.2) is 12.4 Å². The number of nitrogens with one attached hydrogen (secondary N) is 1. The van der Waals surface area contributed by atoms with Crippen molar-refractivity contribution in [2.45, 2.75) is 13.3 Å². The predicted molar refractivity (Wildman–Crippen MR) is 83.0 cm³/mol. The normalized spacial score (nSPS) is 10.0. The summed E-state index contributed by atoms with van der Waals surface area (Å²) in [5, 5.41) is 13.6. The molecule has 0 aromatic heterocycles. The number of para-hydroxylation sites is 3. The number of hydrogen-bond acceptors (Lipinski definition) is 4. The van der Waals surface area contributed by atoms with Gasteiger partial charge in [0.25, 0.3) is 5.91 Å². The van der Waals surface area contributed by atoms with E-state index in [1.165, 1.54) is 12.1 Å². The molecule has 2 aromatic carbocycles. The van der Waals surface area contributed by atoms with Crippen LogP contribution in [0.4, 0.5) is 11.4 Å². The average Bonchev–Trinajstić information content (AvgIpc) is 2.53. The Morgan fingerprint density at radius 2 is 1.86 bits per heavy atom. The summed E-state index contributed by atoms with van der Waals surface area (Å²) in [5.41, 5.74) is 1.58. The molecule has 0 radical (unpaired) electrons. The van der Waals surface area contributed by atoms with E-state index in [2.05, 4.69) is 5.32 Å². The lowest BCUT2D eigenvalue weighted by Gasteiger charge is -2.10. The molecule has 22 heavy (non-hydrogen) atoms. The van der Waals surface area contributed by atoms with Crippen LogP contribution in [0.1, 0.15) is 12.5 Å². The van der Waals surface area contributed by atoms with E-state index in [0.29, 0.717) is 0 Å². The number of nitro benzene ring substituents is 1. The summed E-state index contributed by atoms with van der Waals surface area (Å²) in [6, 6.07) is 13.4. The Kier molecular flexibility index (Phi) is 5.08. The Labute approximate surface area is 127 Å². The van der Waals surface area contributed by atoms with E-state index < -0.39 is 4.92 Å². The Morgan fingerprint density at radius 1 is 1.18 bits per heavy atom. The number of nitro groups is 1. The molecule has 0 aliphatic carbocycles. The van der Waals surface area contributed by atoms with E-state index in [-0.39, 0.29) is 24.0 Å². The van der Waals surface area contributed by atoms with Crippen molar-refractivity contribution in [3.05, 3.63) is 64.2 Å². The lowest BCUT2D eigenvalue weighted by Crippen LogP contribution is -2.21. The van der Waals surface area contributed by atoms with Gasteiger partial charge in [-0.15, -0.1) is 0 Å². The van der Waals surface area contributed by atoms with Crippen molar-refractivity contribution in [2.75, 3.05) is 11.9 Å². The number of carbonyl (C=O) groups excluding carboxylic acids is 1. The molecule has 1 amide bonds. The van der Waals surface area contributed by atoms with Gasteiger partial charge < -0.3 is 10.1 Å². The monoisotopic (exact) mass is 300 g/mol. The molecule has 114 valence electrons. The van der Waals surface area contributed by atoms with Crippen LogP contribution in [-0.4, -0.2) is 17.4 Å². The molecule has 0 heterocycles. The van der Waals surface area contributed by atoms with Gasteiger partial charge >= 0.3 is 5.69 Å². The van der Waals surface area contributed by atoms with Crippen molar-refractivity contribution >= 4 is 17.3 Å². The Hall–Kier alpha value is -2.89. The van der Waals surface area contributed by atoms with Gasteiger partial charge in [0.05, 0.1) is 4.92 Å². The topological polar surface area (TPSA) is 81.5 Å². The third-order valence-corrected chi connectivity index (χ3v) is 3.09. The SMILES string of the molecule is CCc1ccccc1NC(=O)COc1ccccc1[N+](=O)[O-]. The molecule has 0 aliphatic rings. The van der Waals surface area contributed by atoms with Crippen LogP contribution in [0.25, 0.3) is 0 Å². The minimum Gasteiger partial charge on any atom is -0.477 e. The minimum absolute atomic E-state index is 0.0754. The molecular weight excluding hydrogens is 284 g/mol. The first-order chi connectivity index (χ1) is 10.6. The smallest absolute Gasteiger partial charge is 0.310 e. The first kappa shape index (κ1) is 15.5. The molecule has 0 aliphatic heterocycles. The predicted octanol–water partition coefficient (Wildman–Crippen LogP) is 3.17. The molecule has 0 fully saturated rings. The number of aryl methyl sites for hydroxylation is 1. The average molecular weight is 300 g/mol. The Bertz CT molecular complexity index is 685. The van der Waals surface area contributed by atoms with Crippen LogP contribution >= 0.6 is 0 Å². The third-order valence-electron chi connectivity index (χ3n) is 3.09. The van der Waals surface area contributed by atoms with Crippen molar-refractivity contribution in [3.63, 3.8) is 0 Å². The summed E-state index contributed by atoms with van der Waals surface area (Å²) >= 11 is 0. The summed E-state index contributed by atoms with van der Waals surface area (Å²) in [4.78, 5) is 22.3. The van der Waals surface area contributed by atoms with Gasteiger partial charge in [0, 0.05) is 11.8 Å². The number of nitrogens with zero attached hydrogens (tertiary/aromatic N) is 1. The molecule has 2 aromatic rings. The van der Waals surface area contributed by atoms with Crippen molar-refractivity contribution in [1.82, 2.24) is 0 Å². The van der Waals surface area contributed by atoms with Gasteiger partial charge in [-0.25, -0.2) is 0 Å². The van der Waals surface area contributed by atoms with Crippen molar-refractivity contribution < 1.29 is 14.5 Å². The molecule has 0 atom stereocenters. The summed E-state index contributed by atoms with van der Waals surface area (Å²) in [6.07, 6.45) is 0.793. The van der Waals surface area contributed by atoms with Crippen LogP contribution < -0.4 is 10.1 Å². The maximum Gasteiger partial charge on any atom is 0.310 e. The van der Waals surface area contributed by atoms with Crippen LogP contribution in [0.5, 0.6) is 5.75 Å². The molecule has 0 unspecified atom stereocenters. The minimum atomic E-state index is -0.542. The summed E-state index contributed by atoms with van der Waals surface area (Å²) in [7, 11) is 0. The number of ether oxygens (including phenoxy) is 1. The zero-order chi connectivity index (χ0) is 15.9. The van der Waals surface area contributed by atoms with Gasteiger partial charge in [-0.05, 0) is 24.1 Å². The Morgan fingerprint density at radius 3 is 2.59 bits per heavy atom. The lowest BCUT2D eigenvalue weighted by molar-refractivity contribution is -0.385. The van der Waals surface area contributed by atoms with E-state index in [9.17, 15) is 14.9 Å². The van der Waals surface area contributed by atoms with E-state index in [1.807, 2.05) is 31.2 Å². The number of rotatable bonds is 6. The molecule has 2 rings (SSSR count). The molecule has 0 spiro atoms. The number of hydrogen-bond donors (Lipinski definition) is 1. The van der Waals surface area contributed by atoms with Crippen molar-refractivity contribution in [1.29, 1.82) is 0 Å². The van der Waals surface area contributed by atoms with Crippen molar-refractivity contribution in [3.8, 4) is 5.75 Å². The van der Waals surface area contributed by atoms with Crippen LogP contribution in [0, 0.1) is 10.1 Å². The fourth-order valence-corrected chi connectivity index (χ4v) is 2.01. The summed E-state index contributed by atoms with van der Waals surface area (Å²) in [6.45, 7) is 1.71. The van der Waals surface area contributed by atoms with Crippen molar-refractivity contribution in [2.24, 2.45) is 0 Å². The quantitative estimate of drug-likeness (QED) is 0.656. The Balaban J connectivity index is 2.00. The molecular formula is C16H16N2O4. The van der Waals surface area contributed by atoms with Crippen LogP contribution in [0.2, 0.25) is 0 Å². The van der Waals surface area contributed by atoms with E-state index in [0.717, 1.165) is 17.7 Å². The fourth-order valence-electron chi connectivity index (χ4n) is 2.01. The fraction of sp³-hybridized carbons (Fsp3) is 0.188. The van der Waals surface area contributed by atoms with E-state index in [1.54, 1.807) is 12.1 Å². The van der Waals surface area contributed by atoms with Gasteiger partial charge in [0.1, 0.15) is 0 Å². The van der Waals surface area contributed by atoms with Crippen LogP contribution in [-0.2, 0) is 11.2 Å². The second-order valence-electron chi connectivity index (χ2n) is 4.57. The van der Waals surface area contributed by atoms with Gasteiger partial charge in [-0.1, -0.05) is 37.3 Å². The third kappa shape index (κ3) is 3.82. The van der Waals surface area contributed by atoms with Gasteiger partial charge in [0.2, 0.25) is 0 Å². The molecule has 0 bridgehead atoms. The molecule has 1 N–H and O–H groups in total. The molecule has 0 saturated heterocycles. The maximum absolute atomic E-state index is 11.9. The largest absolute Gasteiger partial charge is 0.477 e. The molecule has 6 nitrogen and oxygen atoms in total. The zero-order valence-corrected chi connectivity index (χ0v) is 12.1. The molecule has 0 saturated carbocycles. The first-order valence-corrected chi connectivity index (χ1v) is 6.85. The van der Waals surface area contributed by atoms with Crippen LogP contribution in [0.3, 0.4) is 0 Å². The molecule has 6 heteroatoms. The second-order valence-corrected chi connectivity index (χ2v) is 4.57.